The fourth-order valence-electron chi connectivity index (χ4n) is 6.73. The maximum absolute atomic E-state index is 13.9. The lowest BCUT2D eigenvalue weighted by Crippen LogP contribution is -2.53. The van der Waals surface area contributed by atoms with E-state index in [-0.39, 0.29) is 17.5 Å². The van der Waals surface area contributed by atoms with Gasteiger partial charge in [0.05, 0.1) is 42.1 Å². The average Bonchev–Trinajstić information content (AvgIpc) is 3.04. The van der Waals surface area contributed by atoms with Gasteiger partial charge in [0.2, 0.25) is 0 Å². The Kier molecular flexibility index (Phi) is 6.22. The molecule has 2 aromatic carbocycles. The Hall–Kier alpha value is -3.65. The summed E-state index contributed by atoms with van der Waals surface area (Å²) in [6.45, 7) is 8.17. The van der Waals surface area contributed by atoms with Crippen molar-refractivity contribution in [2.45, 2.75) is 51.2 Å². The number of likely N-dealkylation sites (N-methyl/N-ethyl adjacent to an activating group) is 1. The molecule has 0 radical (unpaired) electrons. The van der Waals surface area contributed by atoms with Crippen molar-refractivity contribution in [1.82, 2.24) is 24.7 Å². The zero-order chi connectivity index (χ0) is 26.4. The lowest BCUT2D eigenvalue weighted by molar-refractivity contribution is 0.0882. The van der Waals surface area contributed by atoms with Gasteiger partial charge >= 0.3 is 6.03 Å². The van der Waals surface area contributed by atoms with Gasteiger partial charge in [-0.15, -0.1) is 0 Å². The fourth-order valence-corrected chi connectivity index (χ4v) is 6.73. The third kappa shape index (κ3) is 3.89. The standard InChI is InChI=1S/C30H36N6O2/c1-5-36-29(37)35-18-21-15-23(38-4)16-26(31-3)28(21)20(2)14-27(35)30(36)10-12-34(13-11-30)19-22-17-32-24-8-6-7-9-25(24)33-22/h6-9,14-17,20,31H,5,10-13,18-19H2,1-4H3/t20-/m0/s1. The number of nitrogens with one attached hydrogen (secondary N) is 1. The molecule has 2 fully saturated rings. The summed E-state index contributed by atoms with van der Waals surface area (Å²) in [5, 5.41) is 3.36. The van der Waals surface area contributed by atoms with Crippen molar-refractivity contribution in [3.8, 4) is 5.75 Å². The summed E-state index contributed by atoms with van der Waals surface area (Å²) in [4.78, 5) is 29.9. The number of amides is 2. The molecule has 1 aromatic heterocycles. The highest BCUT2D eigenvalue weighted by Crippen LogP contribution is 2.48. The van der Waals surface area contributed by atoms with Gasteiger partial charge in [-0.3, -0.25) is 14.8 Å². The number of urea groups is 1. The zero-order valence-electron chi connectivity index (χ0n) is 22.7. The van der Waals surface area contributed by atoms with Gasteiger partial charge in [-0.1, -0.05) is 25.1 Å². The summed E-state index contributed by atoms with van der Waals surface area (Å²) in [6, 6.07) is 12.3. The molecule has 3 aliphatic heterocycles. The number of methoxy groups -OCH3 is 1. The van der Waals surface area contributed by atoms with Crippen LogP contribution < -0.4 is 10.1 Å². The Morgan fingerprint density at radius 1 is 1.16 bits per heavy atom. The normalized spacial score (nSPS) is 20.8. The van der Waals surface area contributed by atoms with Crippen LogP contribution in [0.25, 0.3) is 11.0 Å². The summed E-state index contributed by atoms with van der Waals surface area (Å²) in [5.74, 6) is 0.980. The minimum Gasteiger partial charge on any atom is -0.497 e. The number of fused-ring (bicyclic) bond motifs is 4. The van der Waals surface area contributed by atoms with E-state index in [1.165, 1.54) is 11.3 Å². The number of hydrogen-bond donors (Lipinski definition) is 1. The Morgan fingerprint density at radius 3 is 2.63 bits per heavy atom. The third-order valence-electron chi connectivity index (χ3n) is 8.57. The van der Waals surface area contributed by atoms with Crippen LogP contribution >= 0.6 is 0 Å². The lowest BCUT2D eigenvalue weighted by atomic mass is 9.82. The minimum absolute atomic E-state index is 0.112. The molecule has 8 nitrogen and oxygen atoms in total. The first-order valence-corrected chi connectivity index (χ1v) is 13.6. The van der Waals surface area contributed by atoms with Gasteiger partial charge in [0.25, 0.3) is 0 Å². The molecule has 8 heteroatoms. The molecule has 0 aliphatic carbocycles. The van der Waals surface area contributed by atoms with E-state index in [9.17, 15) is 4.79 Å². The molecule has 38 heavy (non-hydrogen) atoms. The Bertz CT molecular complexity index is 1410. The number of carbonyl (C=O) groups is 1. The number of aromatic nitrogens is 2. The van der Waals surface area contributed by atoms with Crippen molar-refractivity contribution in [2.24, 2.45) is 0 Å². The molecule has 1 N–H and O–H groups in total. The summed E-state index contributed by atoms with van der Waals surface area (Å²) < 4.78 is 5.59. The highest BCUT2D eigenvalue weighted by molar-refractivity contribution is 5.83. The number of hydrogen-bond acceptors (Lipinski definition) is 6. The van der Waals surface area contributed by atoms with Crippen molar-refractivity contribution in [3.05, 3.63) is 71.2 Å². The van der Waals surface area contributed by atoms with Crippen LogP contribution in [-0.2, 0) is 13.1 Å². The van der Waals surface area contributed by atoms with Crippen LogP contribution in [0.4, 0.5) is 10.5 Å². The molecule has 0 saturated carbocycles. The summed E-state index contributed by atoms with van der Waals surface area (Å²) in [7, 11) is 3.64. The highest BCUT2D eigenvalue weighted by Gasteiger charge is 2.54. The van der Waals surface area contributed by atoms with Gasteiger partial charge in [0.1, 0.15) is 5.75 Å². The van der Waals surface area contributed by atoms with E-state index < -0.39 is 0 Å². The Balaban J connectivity index is 1.28. The van der Waals surface area contributed by atoms with Crippen molar-refractivity contribution in [1.29, 1.82) is 0 Å². The molecule has 0 bridgehead atoms. The number of carbonyl (C=O) groups excluding carboxylic acids is 1. The van der Waals surface area contributed by atoms with Gasteiger partial charge in [-0.05, 0) is 49.1 Å². The first-order chi connectivity index (χ1) is 18.5. The predicted octanol–water partition coefficient (Wildman–Crippen LogP) is 4.97. The number of benzene rings is 2. The van der Waals surface area contributed by atoms with Crippen LogP contribution in [0.5, 0.6) is 5.75 Å². The number of rotatable bonds is 5. The van der Waals surface area contributed by atoms with Crippen LogP contribution in [0.3, 0.4) is 0 Å². The average molecular weight is 513 g/mol. The second-order valence-electron chi connectivity index (χ2n) is 10.6. The van der Waals surface area contributed by atoms with Gasteiger partial charge in [-0.25, -0.2) is 9.78 Å². The van der Waals surface area contributed by atoms with E-state index in [1.807, 2.05) is 48.5 Å². The van der Waals surface area contributed by atoms with Crippen molar-refractivity contribution < 1.29 is 9.53 Å². The number of piperidine rings is 1. The van der Waals surface area contributed by atoms with Crippen LogP contribution in [0.1, 0.15) is 49.4 Å². The third-order valence-corrected chi connectivity index (χ3v) is 8.57. The monoisotopic (exact) mass is 512 g/mol. The van der Waals surface area contributed by atoms with Gasteiger partial charge in [-0.2, -0.15) is 0 Å². The smallest absolute Gasteiger partial charge is 0.325 e. The summed E-state index contributed by atoms with van der Waals surface area (Å²) in [6.07, 6.45) is 6.05. The minimum atomic E-state index is -0.280. The SMILES string of the molecule is CCN1C(=O)N2Cc3cc(OC)cc(NC)c3[C@@H](C)C=C2C12CCN(Cc1cnc3ccccc3n1)CC2. The van der Waals surface area contributed by atoms with E-state index in [0.29, 0.717) is 13.1 Å². The van der Waals surface area contributed by atoms with Gasteiger partial charge < -0.3 is 15.0 Å². The fraction of sp³-hybridized carbons (Fsp3) is 0.433. The molecule has 0 unspecified atom stereocenters. The largest absolute Gasteiger partial charge is 0.497 e. The lowest BCUT2D eigenvalue weighted by Gasteiger charge is -2.44. The quantitative estimate of drug-likeness (QED) is 0.520. The van der Waals surface area contributed by atoms with Crippen LogP contribution in [0, 0.1) is 0 Å². The van der Waals surface area contributed by atoms with E-state index in [1.54, 1.807) is 7.11 Å². The molecule has 1 atom stereocenters. The molecular formula is C30H36N6O2. The maximum Gasteiger partial charge on any atom is 0.325 e. The van der Waals surface area contributed by atoms with Gasteiger partial charge in [0, 0.05) is 56.6 Å². The Morgan fingerprint density at radius 2 is 1.92 bits per heavy atom. The highest BCUT2D eigenvalue weighted by atomic mass is 16.5. The number of anilines is 1. The zero-order valence-corrected chi connectivity index (χ0v) is 22.7. The van der Waals surface area contributed by atoms with E-state index in [0.717, 1.165) is 66.2 Å². The maximum atomic E-state index is 13.9. The molecule has 6 rings (SSSR count). The molecule has 198 valence electrons. The first kappa shape index (κ1) is 24.7. The summed E-state index contributed by atoms with van der Waals surface area (Å²) in [5.41, 5.74) is 7.17. The molecule has 4 heterocycles. The van der Waals surface area contributed by atoms with E-state index in [2.05, 4.69) is 46.1 Å². The first-order valence-electron chi connectivity index (χ1n) is 13.6. The van der Waals surface area contributed by atoms with Crippen LogP contribution in [-0.4, -0.2) is 70.0 Å². The van der Waals surface area contributed by atoms with Crippen molar-refractivity contribution in [2.75, 3.05) is 39.1 Å². The molecule has 3 aliphatic rings. The van der Waals surface area contributed by atoms with Crippen molar-refractivity contribution in [3.63, 3.8) is 0 Å². The summed E-state index contributed by atoms with van der Waals surface area (Å²) >= 11 is 0. The van der Waals surface area contributed by atoms with Crippen LogP contribution in [0.15, 0.2) is 54.4 Å². The second kappa shape index (κ2) is 9.58. The van der Waals surface area contributed by atoms with E-state index in [4.69, 9.17) is 9.72 Å². The number of nitrogens with zero attached hydrogens (tertiary/aromatic N) is 5. The number of allylic oxidation sites excluding steroid dienone is 1. The Labute approximate surface area is 224 Å². The molecule has 2 amide bonds. The number of para-hydroxylation sites is 2. The van der Waals surface area contributed by atoms with Crippen LogP contribution in [0.2, 0.25) is 0 Å². The number of ether oxygens (including phenoxy) is 1. The van der Waals surface area contributed by atoms with Crippen molar-refractivity contribution >= 4 is 22.8 Å². The van der Waals surface area contributed by atoms with E-state index >= 15 is 0 Å². The molecule has 2 saturated heterocycles. The number of likely N-dealkylation sites (tertiary alicyclic amines) is 1. The topological polar surface area (TPSA) is 73.8 Å². The predicted molar refractivity (Wildman–Crippen MR) is 149 cm³/mol. The molecule has 1 spiro atoms. The molecular weight excluding hydrogens is 476 g/mol. The molecule has 3 aromatic rings. The van der Waals surface area contributed by atoms with Gasteiger partial charge in [0.15, 0.2) is 0 Å². The second-order valence-corrected chi connectivity index (χ2v) is 10.6.